The second-order valence-corrected chi connectivity index (χ2v) is 5.96. The Bertz CT molecular complexity index is 435. The lowest BCUT2D eigenvalue weighted by Gasteiger charge is -2.36. The topological polar surface area (TPSA) is 41.1 Å². The SMILES string of the molecule is C/C=C\C(=C/CC)NC(=O)NC1(C)CC=C(C)C(C)C1.CC.CC. The molecule has 1 aliphatic rings. The van der Waals surface area contributed by atoms with Gasteiger partial charge in [0.15, 0.2) is 0 Å². The van der Waals surface area contributed by atoms with Crippen LogP contribution < -0.4 is 10.6 Å². The van der Waals surface area contributed by atoms with Crippen molar-refractivity contribution in [1.29, 1.82) is 0 Å². The summed E-state index contributed by atoms with van der Waals surface area (Å²) in [4.78, 5) is 12.1. The maximum Gasteiger partial charge on any atom is 0.319 e. The number of hydrogen-bond donors (Lipinski definition) is 2. The number of amides is 2. The first-order chi connectivity index (χ1) is 11.4. The van der Waals surface area contributed by atoms with Crippen LogP contribution >= 0.6 is 0 Å². The van der Waals surface area contributed by atoms with Crippen LogP contribution in [0.5, 0.6) is 0 Å². The Morgan fingerprint density at radius 3 is 2.38 bits per heavy atom. The van der Waals surface area contributed by atoms with Crippen molar-refractivity contribution in [2.45, 2.75) is 87.1 Å². The van der Waals surface area contributed by atoms with Crippen molar-refractivity contribution >= 4 is 6.03 Å². The van der Waals surface area contributed by atoms with Crippen LogP contribution in [0.1, 0.15) is 81.6 Å². The van der Waals surface area contributed by atoms with E-state index in [1.807, 2.05) is 52.8 Å². The first kappa shape index (κ1) is 24.7. The molecule has 2 unspecified atom stereocenters. The van der Waals surface area contributed by atoms with E-state index in [1.165, 1.54) is 5.57 Å². The summed E-state index contributed by atoms with van der Waals surface area (Å²) in [5.74, 6) is 0.523. The molecule has 0 radical (unpaired) electrons. The van der Waals surface area contributed by atoms with Crippen LogP contribution in [-0.4, -0.2) is 11.6 Å². The van der Waals surface area contributed by atoms with E-state index in [-0.39, 0.29) is 11.6 Å². The fraction of sp³-hybridized carbons (Fsp3) is 0.667. The van der Waals surface area contributed by atoms with Crippen molar-refractivity contribution in [2.75, 3.05) is 0 Å². The van der Waals surface area contributed by atoms with Crippen molar-refractivity contribution in [2.24, 2.45) is 5.92 Å². The Hall–Kier alpha value is -1.51. The predicted octanol–water partition coefficient (Wildman–Crippen LogP) is 6.34. The quantitative estimate of drug-likeness (QED) is 0.456. The molecule has 0 aliphatic heterocycles. The monoisotopic (exact) mass is 336 g/mol. The zero-order valence-corrected chi connectivity index (χ0v) is 17.4. The van der Waals surface area contributed by atoms with Gasteiger partial charge in [-0.05, 0) is 52.0 Å². The van der Waals surface area contributed by atoms with Gasteiger partial charge in [0.1, 0.15) is 0 Å². The number of urea groups is 1. The molecule has 0 saturated carbocycles. The zero-order chi connectivity index (χ0) is 19.2. The minimum absolute atomic E-state index is 0.120. The van der Waals surface area contributed by atoms with Crippen LogP contribution in [0.25, 0.3) is 0 Å². The normalized spacial score (nSPS) is 23.3. The van der Waals surface area contributed by atoms with Crippen LogP contribution in [0, 0.1) is 5.92 Å². The van der Waals surface area contributed by atoms with Crippen molar-refractivity contribution in [3.8, 4) is 0 Å². The van der Waals surface area contributed by atoms with Gasteiger partial charge in [0.05, 0.1) is 0 Å². The third kappa shape index (κ3) is 9.59. The lowest BCUT2D eigenvalue weighted by molar-refractivity contribution is 0.221. The number of hydrogen-bond acceptors (Lipinski definition) is 1. The molecule has 1 rings (SSSR count). The third-order valence-corrected chi connectivity index (χ3v) is 3.85. The van der Waals surface area contributed by atoms with Crippen molar-refractivity contribution in [3.63, 3.8) is 0 Å². The number of allylic oxidation sites excluding steroid dienone is 4. The molecule has 3 nitrogen and oxygen atoms in total. The zero-order valence-electron chi connectivity index (χ0n) is 17.4. The molecule has 140 valence electrons. The predicted molar refractivity (Wildman–Crippen MR) is 108 cm³/mol. The average Bonchev–Trinajstić information content (AvgIpc) is 2.55. The van der Waals surface area contributed by atoms with Crippen molar-refractivity contribution in [1.82, 2.24) is 10.6 Å². The largest absolute Gasteiger partial charge is 0.332 e. The molecule has 0 spiro atoms. The molecule has 0 aromatic rings. The van der Waals surface area contributed by atoms with Gasteiger partial charge in [-0.15, -0.1) is 0 Å². The smallest absolute Gasteiger partial charge is 0.319 e. The summed E-state index contributed by atoms with van der Waals surface area (Å²) in [7, 11) is 0. The van der Waals surface area contributed by atoms with Gasteiger partial charge in [-0.1, -0.05) is 65.3 Å². The standard InChI is InChI=1S/C17H28N2O.2C2H6/c1-6-8-15(9-7-2)18-16(20)19-17(5)11-10-13(3)14(4)12-17;2*1-2/h6,8-10,14H,7,11-12H2,1-5H3,(H2,18,19,20);2*1-2H3/b8-6-,15-9+;;. The number of rotatable bonds is 4. The maximum absolute atomic E-state index is 12.1. The second kappa shape index (κ2) is 13.9. The Kier molecular flexibility index (Phi) is 14.3. The van der Waals surface area contributed by atoms with Crippen LogP contribution in [0.4, 0.5) is 4.79 Å². The van der Waals surface area contributed by atoms with Gasteiger partial charge >= 0.3 is 6.03 Å². The molecule has 2 atom stereocenters. The van der Waals surface area contributed by atoms with E-state index < -0.39 is 0 Å². The van der Waals surface area contributed by atoms with Gasteiger partial charge in [-0.3, -0.25) is 0 Å². The lowest BCUT2D eigenvalue weighted by Crippen LogP contribution is -2.51. The van der Waals surface area contributed by atoms with Gasteiger partial charge in [-0.2, -0.15) is 0 Å². The number of carbonyl (C=O) groups is 1. The summed E-state index contributed by atoms with van der Waals surface area (Å²) in [6, 6.07) is -0.120. The van der Waals surface area contributed by atoms with Gasteiger partial charge in [0, 0.05) is 11.2 Å². The summed E-state index contributed by atoms with van der Waals surface area (Å²) in [5.41, 5.74) is 2.12. The van der Waals surface area contributed by atoms with E-state index in [0.717, 1.165) is 25.0 Å². The molecule has 3 heteroatoms. The van der Waals surface area contributed by atoms with Crippen LogP contribution in [-0.2, 0) is 0 Å². The fourth-order valence-corrected chi connectivity index (χ4v) is 2.61. The number of nitrogens with one attached hydrogen (secondary N) is 2. The Labute approximate surface area is 150 Å². The van der Waals surface area contributed by atoms with E-state index in [0.29, 0.717) is 5.92 Å². The molecule has 1 aliphatic carbocycles. The van der Waals surface area contributed by atoms with E-state index >= 15 is 0 Å². The maximum atomic E-state index is 12.1. The summed E-state index contributed by atoms with van der Waals surface area (Å²) < 4.78 is 0. The third-order valence-electron chi connectivity index (χ3n) is 3.85. The summed E-state index contributed by atoms with van der Waals surface area (Å²) in [6.07, 6.45) is 10.9. The van der Waals surface area contributed by atoms with Crippen LogP contribution in [0.3, 0.4) is 0 Å². The molecular formula is C21H40N2O. The molecule has 0 bridgehead atoms. The Balaban J connectivity index is 0. The van der Waals surface area contributed by atoms with Gasteiger partial charge in [-0.25, -0.2) is 4.79 Å². The molecule has 2 amide bonds. The molecule has 0 aromatic carbocycles. The first-order valence-electron chi connectivity index (χ1n) is 9.49. The average molecular weight is 337 g/mol. The Morgan fingerprint density at radius 1 is 1.33 bits per heavy atom. The molecule has 0 heterocycles. The summed E-state index contributed by atoms with van der Waals surface area (Å²) in [5, 5.41) is 6.05. The molecule has 2 N–H and O–H groups in total. The fourth-order valence-electron chi connectivity index (χ4n) is 2.61. The molecular weight excluding hydrogens is 296 g/mol. The van der Waals surface area contributed by atoms with E-state index in [9.17, 15) is 4.79 Å². The van der Waals surface area contributed by atoms with Crippen molar-refractivity contribution in [3.05, 3.63) is 35.6 Å². The number of carbonyl (C=O) groups excluding carboxylic acids is 1. The van der Waals surface area contributed by atoms with Crippen LogP contribution in [0.2, 0.25) is 0 Å². The summed E-state index contributed by atoms with van der Waals surface area (Å²) in [6.45, 7) is 18.5. The van der Waals surface area contributed by atoms with E-state index in [2.05, 4.69) is 44.4 Å². The van der Waals surface area contributed by atoms with Gasteiger partial charge in [0.2, 0.25) is 0 Å². The minimum Gasteiger partial charge on any atom is -0.332 e. The van der Waals surface area contributed by atoms with Gasteiger partial charge in [0.25, 0.3) is 0 Å². The highest BCUT2D eigenvalue weighted by atomic mass is 16.2. The Morgan fingerprint density at radius 2 is 1.92 bits per heavy atom. The van der Waals surface area contributed by atoms with E-state index in [1.54, 1.807) is 0 Å². The molecule has 24 heavy (non-hydrogen) atoms. The molecule has 0 fully saturated rings. The van der Waals surface area contributed by atoms with E-state index in [4.69, 9.17) is 0 Å². The minimum atomic E-state index is -0.156. The highest BCUT2D eigenvalue weighted by Gasteiger charge is 2.31. The van der Waals surface area contributed by atoms with Crippen LogP contribution in [0.15, 0.2) is 35.6 Å². The lowest BCUT2D eigenvalue weighted by atomic mass is 9.78. The van der Waals surface area contributed by atoms with Crippen molar-refractivity contribution < 1.29 is 4.79 Å². The highest BCUT2D eigenvalue weighted by molar-refractivity contribution is 5.77. The molecule has 0 saturated heterocycles. The summed E-state index contributed by atoms with van der Waals surface area (Å²) >= 11 is 0. The molecule has 0 aromatic heterocycles. The highest BCUT2D eigenvalue weighted by Crippen LogP contribution is 2.31. The second-order valence-electron chi connectivity index (χ2n) is 5.96. The van der Waals surface area contributed by atoms with Gasteiger partial charge < -0.3 is 10.6 Å². The first-order valence-corrected chi connectivity index (χ1v) is 9.49.